The van der Waals surface area contributed by atoms with Gasteiger partial charge in [-0.2, -0.15) is 5.10 Å². The molecule has 0 bridgehead atoms. The van der Waals surface area contributed by atoms with Gasteiger partial charge in [0.25, 0.3) is 5.56 Å². The normalized spacial score (nSPS) is 11.0. The van der Waals surface area contributed by atoms with Gasteiger partial charge in [-0.05, 0) is 43.7 Å². The standard InChI is InChI=1S/C20H20N4O2/c1-14(2)26-17-10-8-15(9-11-17)13-21-24-20-22-18(12-19(25)23-20)16-6-4-3-5-7-16/h3-14H,1-2H3,(H2,22,23,24,25)/b21-13+. The summed E-state index contributed by atoms with van der Waals surface area (Å²) < 4.78 is 5.60. The van der Waals surface area contributed by atoms with Crippen LogP contribution in [0, 0.1) is 0 Å². The molecule has 6 nitrogen and oxygen atoms in total. The van der Waals surface area contributed by atoms with E-state index in [1.807, 2.05) is 68.4 Å². The van der Waals surface area contributed by atoms with Gasteiger partial charge >= 0.3 is 0 Å². The van der Waals surface area contributed by atoms with E-state index in [1.54, 1.807) is 6.21 Å². The van der Waals surface area contributed by atoms with Crippen LogP contribution < -0.4 is 15.7 Å². The van der Waals surface area contributed by atoms with Crippen molar-refractivity contribution in [1.82, 2.24) is 9.97 Å². The molecule has 0 aliphatic rings. The molecule has 1 heterocycles. The Morgan fingerprint density at radius 1 is 1.12 bits per heavy atom. The Kier molecular flexibility index (Phi) is 5.43. The van der Waals surface area contributed by atoms with E-state index in [0.29, 0.717) is 5.69 Å². The summed E-state index contributed by atoms with van der Waals surface area (Å²) in [7, 11) is 0. The average molecular weight is 348 g/mol. The molecule has 132 valence electrons. The molecule has 6 heteroatoms. The number of ether oxygens (including phenoxy) is 1. The van der Waals surface area contributed by atoms with Crippen molar-refractivity contribution in [3.05, 3.63) is 76.6 Å². The maximum atomic E-state index is 11.8. The number of hydrogen-bond acceptors (Lipinski definition) is 5. The van der Waals surface area contributed by atoms with Crippen LogP contribution in [0.15, 0.2) is 70.6 Å². The first-order chi connectivity index (χ1) is 12.6. The maximum absolute atomic E-state index is 11.8. The highest BCUT2D eigenvalue weighted by Crippen LogP contribution is 2.15. The second-order valence-corrected chi connectivity index (χ2v) is 5.95. The maximum Gasteiger partial charge on any atom is 0.252 e. The number of H-pyrrole nitrogens is 1. The Hall–Kier alpha value is -3.41. The lowest BCUT2D eigenvalue weighted by molar-refractivity contribution is 0.242. The summed E-state index contributed by atoms with van der Waals surface area (Å²) in [6.07, 6.45) is 1.78. The molecule has 3 aromatic rings. The Bertz CT molecular complexity index is 932. The summed E-state index contributed by atoms with van der Waals surface area (Å²) in [5.74, 6) is 1.10. The number of benzene rings is 2. The van der Waals surface area contributed by atoms with Crippen LogP contribution in [0.5, 0.6) is 5.75 Å². The lowest BCUT2D eigenvalue weighted by atomic mass is 10.1. The molecule has 0 fully saturated rings. The van der Waals surface area contributed by atoms with Gasteiger partial charge in [-0.25, -0.2) is 10.4 Å². The van der Waals surface area contributed by atoms with Gasteiger partial charge in [0.1, 0.15) is 5.75 Å². The van der Waals surface area contributed by atoms with Crippen LogP contribution in [0.25, 0.3) is 11.3 Å². The quantitative estimate of drug-likeness (QED) is 0.526. The lowest BCUT2D eigenvalue weighted by Crippen LogP contribution is -2.10. The van der Waals surface area contributed by atoms with Gasteiger partial charge in [0.15, 0.2) is 0 Å². The summed E-state index contributed by atoms with van der Waals surface area (Å²) >= 11 is 0. The van der Waals surface area contributed by atoms with Crippen molar-refractivity contribution in [3.63, 3.8) is 0 Å². The van der Waals surface area contributed by atoms with Gasteiger partial charge in [-0.1, -0.05) is 30.3 Å². The van der Waals surface area contributed by atoms with E-state index in [1.165, 1.54) is 6.07 Å². The third kappa shape index (κ3) is 4.80. The monoisotopic (exact) mass is 348 g/mol. The number of hydrogen-bond donors (Lipinski definition) is 2. The molecule has 0 unspecified atom stereocenters. The van der Waals surface area contributed by atoms with Gasteiger partial charge < -0.3 is 4.74 Å². The zero-order chi connectivity index (χ0) is 18.4. The predicted molar refractivity (Wildman–Crippen MR) is 104 cm³/mol. The summed E-state index contributed by atoms with van der Waals surface area (Å²) in [5, 5.41) is 4.13. The van der Waals surface area contributed by atoms with E-state index in [0.717, 1.165) is 16.9 Å². The molecule has 0 saturated heterocycles. The highest BCUT2D eigenvalue weighted by atomic mass is 16.5. The molecular formula is C20H20N4O2. The molecule has 2 aromatic carbocycles. The van der Waals surface area contributed by atoms with Gasteiger partial charge in [-0.3, -0.25) is 9.78 Å². The Morgan fingerprint density at radius 3 is 2.54 bits per heavy atom. The van der Waals surface area contributed by atoms with Crippen LogP contribution in [-0.4, -0.2) is 22.3 Å². The van der Waals surface area contributed by atoms with Crippen LogP contribution in [0.4, 0.5) is 5.95 Å². The summed E-state index contributed by atoms with van der Waals surface area (Å²) in [5.41, 5.74) is 4.87. The number of hydrazone groups is 1. The number of anilines is 1. The van der Waals surface area contributed by atoms with Crippen molar-refractivity contribution in [2.45, 2.75) is 20.0 Å². The average Bonchev–Trinajstić information content (AvgIpc) is 2.63. The Morgan fingerprint density at radius 2 is 1.85 bits per heavy atom. The predicted octanol–water partition coefficient (Wildman–Crippen LogP) is 3.67. The largest absolute Gasteiger partial charge is 0.491 e. The topological polar surface area (TPSA) is 79.4 Å². The first kappa shape index (κ1) is 17.4. The molecule has 2 N–H and O–H groups in total. The fourth-order valence-electron chi connectivity index (χ4n) is 2.34. The second kappa shape index (κ2) is 8.11. The minimum absolute atomic E-state index is 0.135. The summed E-state index contributed by atoms with van der Waals surface area (Å²) in [6.45, 7) is 3.97. The molecule has 0 atom stereocenters. The Labute approximate surface area is 151 Å². The third-order valence-electron chi connectivity index (χ3n) is 3.45. The van der Waals surface area contributed by atoms with Gasteiger partial charge in [0, 0.05) is 11.6 Å². The van der Waals surface area contributed by atoms with Gasteiger partial charge in [0.05, 0.1) is 18.0 Å². The number of nitrogens with one attached hydrogen (secondary N) is 2. The first-order valence-electron chi connectivity index (χ1n) is 8.33. The summed E-state index contributed by atoms with van der Waals surface area (Å²) in [4.78, 5) is 18.8. The van der Waals surface area contributed by atoms with Crippen LogP contribution in [0.2, 0.25) is 0 Å². The molecule has 0 radical (unpaired) electrons. The molecule has 26 heavy (non-hydrogen) atoms. The highest BCUT2D eigenvalue weighted by molar-refractivity contribution is 5.80. The number of aromatic nitrogens is 2. The molecule has 0 aliphatic carbocycles. The van der Waals surface area contributed by atoms with E-state index in [9.17, 15) is 4.79 Å². The van der Waals surface area contributed by atoms with Crippen molar-refractivity contribution in [3.8, 4) is 17.0 Å². The van der Waals surface area contributed by atoms with E-state index in [2.05, 4.69) is 20.5 Å². The van der Waals surface area contributed by atoms with Crippen LogP contribution in [-0.2, 0) is 0 Å². The van der Waals surface area contributed by atoms with Gasteiger partial charge in [0.2, 0.25) is 5.95 Å². The number of rotatable bonds is 6. The molecule has 0 spiro atoms. The van der Waals surface area contributed by atoms with Crippen LogP contribution >= 0.6 is 0 Å². The van der Waals surface area contributed by atoms with E-state index in [-0.39, 0.29) is 17.6 Å². The third-order valence-corrected chi connectivity index (χ3v) is 3.45. The van der Waals surface area contributed by atoms with Crippen LogP contribution in [0.1, 0.15) is 19.4 Å². The van der Waals surface area contributed by atoms with E-state index < -0.39 is 0 Å². The fourth-order valence-corrected chi connectivity index (χ4v) is 2.34. The zero-order valence-corrected chi connectivity index (χ0v) is 14.6. The Balaban J connectivity index is 1.70. The van der Waals surface area contributed by atoms with Crippen molar-refractivity contribution in [2.24, 2.45) is 5.10 Å². The van der Waals surface area contributed by atoms with E-state index >= 15 is 0 Å². The smallest absolute Gasteiger partial charge is 0.252 e. The highest BCUT2D eigenvalue weighted by Gasteiger charge is 2.03. The molecular weight excluding hydrogens is 328 g/mol. The molecule has 0 saturated carbocycles. The lowest BCUT2D eigenvalue weighted by Gasteiger charge is -2.09. The number of nitrogens with zero attached hydrogens (tertiary/aromatic N) is 2. The van der Waals surface area contributed by atoms with Crippen LogP contribution in [0.3, 0.4) is 0 Å². The fraction of sp³-hybridized carbons (Fsp3) is 0.150. The van der Waals surface area contributed by atoms with Crippen molar-refractivity contribution in [1.29, 1.82) is 0 Å². The second-order valence-electron chi connectivity index (χ2n) is 5.95. The van der Waals surface area contributed by atoms with Gasteiger partial charge in [-0.15, -0.1) is 0 Å². The van der Waals surface area contributed by atoms with Crippen molar-refractivity contribution >= 4 is 12.2 Å². The van der Waals surface area contributed by atoms with Crippen molar-refractivity contribution < 1.29 is 4.74 Å². The minimum Gasteiger partial charge on any atom is -0.491 e. The molecule has 0 amide bonds. The molecule has 3 rings (SSSR count). The number of aromatic amines is 1. The van der Waals surface area contributed by atoms with Crippen molar-refractivity contribution in [2.75, 3.05) is 5.43 Å². The minimum atomic E-state index is -0.244. The zero-order valence-electron chi connectivity index (χ0n) is 14.6. The summed E-state index contributed by atoms with van der Waals surface area (Å²) in [6, 6.07) is 18.5. The first-order valence-corrected chi connectivity index (χ1v) is 8.33. The SMILES string of the molecule is CC(C)Oc1ccc(/C=N/Nc2nc(-c3ccccc3)cc(=O)[nH]2)cc1. The molecule has 1 aromatic heterocycles. The van der Waals surface area contributed by atoms with E-state index in [4.69, 9.17) is 4.74 Å². The molecule has 0 aliphatic heterocycles.